The number of anilines is 1. The molecule has 0 aliphatic carbocycles. The summed E-state index contributed by atoms with van der Waals surface area (Å²) in [6, 6.07) is 13.3. The predicted molar refractivity (Wildman–Crippen MR) is 70.4 cm³/mol. The molecule has 1 N–H and O–H groups in total. The minimum Gasteiger partial charge on any atom is -0.377 e. The number of benzene rings is 2. The number of carbonyl (C=O) groups is 1. The molecular formula is C15H14FNO. The summed E-state index contributed by atoms with van der Waals surface area (Å²) in [7, 11) is 0. The molecule has 2 rings (SSSR count). The molecule has 0 spiro atoms. The van der Waals surface area contributed by atoms with E-state index in [-0.39, 0.29) is 18.1 Å². The van der Waals surface area contributed by atoms with Crippen LogP contribution in [0.5, 0.6) is 0 Å². The van der Waals surface area contributed by atoms with E-state index in [9.17, 15) is 9.18 Å². The molecule has 0 unspecified atom stereocenters. The quantitative estimate of drug-likeness (QED) is 0.833. The van der Waals surface area contributed by atoms with Crippen LogP contribution in [0.2, 0.25) is 0 Å². The summed E-state index contributed by atoms with van der Waals surface area (Å²) >= 11 is 0. The van der Waals surface area contributed by atoms with Crippen molar-refractivity contribution in [1.82, 2.24) is 0 Å². The number of halogens is 1. The van der Waals surface area contributed by atoms with Crippen LogP contribution in [0.4, 0.5) is 10.1 Å². The number of hydrogen-bond donors (Lipinski definition) is 1. The normalized spacial score (nSPS) is 10.1. The van der Waals surface area contributed by atoms with Crippen molar-refractivity contribution in [3.8, 4) is 0 Å². The van der Waals surface area contributed by atoms with Crippen molar-refractivity contribution < 1.29 is 9.18 Å². The summed E-state index contributed by atoms with van der Waals surface area (Å²) in [5.41, 5.74) is 2.54. The smallest absolute Gasteiger partial charge is 0.181 e. The van der Waals surface area contributed by atoms with Crippen molar-refractivity contribution in [1.29, 1.82) is 0 Å². The molecule has 92 valence electrons. The van der Waals surface area contributed by atoms with E-state index in [0.29, 0.717) is 5.56 Å². The highest BCUT2D eigenvalue weighted by Crippen LogP contribution is 2.13. The van der Waals surface area contributed by atoms with Crippen LogP contribution < -0.4 is 5.32 Å². The van der Waals surface area contributed by atoms with Gasteiger partial charge in [0.2, 0.25) is 0 Å². The monoisotopic (exact) mass is 243 g/mol. The van der Waals surface area contributed by atoms with E-state index in [1.807, 2.05) is 31.2 Å². The Morgan fingerprint density at radius 2 is 1.78 bits per heavy atom. The average Bonchev–Trinajstić information content (AvgIpc) is 2.38. The van der Waals surface area contributed by atoms with Crippen LogP contribution >= 0.6 is 0 Å². The molecule has 0 aliphatic rings. The number of para-hydroxylation sites is 1. The van der Waals surface area contributed by atoms with Crippen molar-refractivity contribution in [3.05, 3.63) is 65.5 Å². The Morgan fingerprint density at radius 1 is 1.11 bits per heavy atom. The second-order valence-electron chi connectivity index (χ2n) is 4.10. The van der Waals surface area contributed by atoms with Gasteiger partial charge in [-0.25, -0.2) is 4.39 Å². The molecule has 0 amide bonds. The Hall–Kier alpha value is -2.16. The third-order valence-corrected chi connectivity index (χ3v) is 2.75. The molecular weight excluding hydrogens is 229 g/mol. The van der Waals surface area contributed by atoms with Gasteiger partial charge in [-0.3, -0.25) is 4.79 Å². The highest BCUT2D eigenvalue weighted by Gasteiger charge is 2.06. The van der Waals surface area contributed by atoms with E-state index in [1.54, 1.807) is 0 Å². The zero-order chi connectivity index (χ0) is 13.0. The zero-order valence-electron chi connectivity index (χ0n) is 10.1. The third kappa shape index (κ3) is 2.94. The van der Waals surface area contributed by atoms with E-state index in [4.69, 9.17) is 0 Å². The molecule has 0 heterocycles. The van der Waals surface area contributed by atoms with E-state index in [1.165, 1.54) is 24.3 Å². The van der Waals surface area contributed by atoms with Crippen LogP contribution in [0.1, 0.15) is 15.9 Å². The molecule has 2 aromatic carbocycles. The Labute approximate surface area is 105 Å². The summed E-state index contributed by atoms with van der Waals surface area (Å²) in [5, 5.41) is 3.08. The fraction of sp³-hybridized carbons (Fsp3) is 0.133. The molecule has 2 nitrogen and oxygen atoms in total. The van der Waals surface area contributed by atoms with Crippen LogP contribution in [0.15, 0.2) is 48.5 Å². The fourth-order valence-electron chi connectivity index (χ4n) is 1.68. The Kier molecular flexibility index (Phi) is 3.72. The second-order valence-corrected chi connectivity index (χ2v) is 4.10. The van der Waals surface area contributed by atoms with Gasteiger partial charge in [-0.05, 0) is 42.8 Å². The van der Waals surface area contributed by atoms with Gasteiger partial charge < -0.3 is 5.32 Å². The molecule has 0 radical (unpaired) electrons. The summed E-state index contributed by atoms with van der Waals surface area (Å²) < 4.78 is 12.7. The highest BCUT2D eigenvalue weighted by atomic mass is 19.1. The average molecular weight is 243 g/mol. The van der Waals surface area contributed by atoms with E-state index in [2.05, 4.69) is 5.32 Å². The minimum absolute atomic E-state index is 0.0572. The third-order valence-electron chi connectivity index (χ3n) is 2.75. The number of nitrogens with one attached hydrogen (secondary N) is 1. The van der Waals surface area contributed by atoms with Crippen LogP contribution in [0.25, 0.3) is 0 Å². The lowest BCUT2D eigenvalue weighted by atomic mass is 10.1. The molecule has 0 aromatic heterocycles. The number of ketones is 1. The number of carbonyl (C=O) groups excluding carboxylic acids is 1. The first-order valence-corrected chi connectivity index (χ1v) is 5.75. The molecule has 18 heavy (non-hydrogen) atoms. The topological polar surface area (TPSA) is 29.1 Å². The number of hydrogen-bond acceptors (Lipinski definition) is 2. The summed E-state index contributed by atoms with van der Waals surface area (Å²) in [6.45, 7) is 2.18. The first-order valence-electron chi connectivity index (χ1n) is 5.75. The van der Waals surface area contributed by atoms with Crippen molar-refractivity contribution in [2.75, 3.05) is 11.9 Å². The van der Waals surface area contributed by atoms with Crippen LogP contribution in [-0.4, -0.2) is 12.3 Å². The molecule has 0 atom stereocenters. The van der Waals surface area contributed by atoms with Gasteiger partial charge in [-0.15, -0.1) is 0 Å². The van der Waals surface area contributed by atoms with Crippen molar-refractivity contribution in [3.63, 3.8) is 0 Å². The molecule has 2 aromatic rings. The van der Waals surface area contributed by atoms with E-state index in [0.717, 1.165) is 11.3 Å². The van der Waals surface area contributed by atoms with Crippen LogP contribution in [0, 0.1) is 12.7 Å². The second kappa shape index (κ2) is 5.45. The SMILES string of the molecule is Cc1ccccc1NCC(=O)c1ccc(F)cc1. The maximum Gasteiger partial charge on any atom is 0.181 e. The number of rotatable bonds is 4. The van der Waals surface area contributed by atoms with Crippen molar-refractivity contribution in [2.45, 2.75) is 6.92 Å². The maximum absolute atomic E-state index is 12.7. The predicted octanol–water partition coefficient (Wildman–Crippen LogP) is 3.43. The number of aryl methyl sites for hydroxylation is 1. The molecule has 0 bridgehead atoms. The fourth-order valence-corrected chi connectivity index (χ4v) is 1.68. The van der Waals surface area contributed by atoms with Gasteiger partial charge in [0, 0.05) is 11.3 Å². The first-order chi connectivity index (χ1) is 8.66. The lowest BCUT2D eigenvalue weighted by molar-refractivity contribution is 0.101. The lowest BCUT2D eigenvalue weighted by Gasteiger charge is -2.08. The molecule has 0 fully saturated rings. The van der Waals surface area contributed by atoms with Crippen LogP contribution in [-0.2, 0) is 0 Å². The van der Waals surface area contributed by atoms with Gasteiger partial charge in [0.05, 0.1) is 6.54 Å². The Bertz CT molecular complexity index is 549. The molecule has 0 saturated heterocycles. The Balaban J connectivity index is 2.01. The highest BCUT2D eigenvalue weighted by molar-refractivity contribution is 5.98. The standard InChI is InChI=1S/C15H14FNO/c1-11-4-2-3-5-14(11)17-10-15(18)12-6-8-13(16)9-7-12/h2-9,17H,10H2,1H3. The lowest BCUT2D eigenvalue weighted by Crippen LogP contribution is -2.14. The minimum atomic E-state index is -0.335. The Morgan fingerprint density at radius 3 is 2.44 bits per heavy atom. The van der Waals surface area contributed by atoms with Gasteiger partial charge in [0.15, 0.2) is 5.78 Å². The van der Waals surface area contributed by atoms with E-state index >= 15 is 0 Å². The summed E-state index contributed by atoms with van der Waals surface area (Å²) in [6.07, 6.45) is 0. The van der Waals surface area contributed by atoms with E-state index < -0.39 is 0 Å². The maximum atomic E-state index is 12.7. The largest absolute Gasteiger partial charge is 0.377 e. The molecule has 0 saturated carbocycles. The van der Waals surface area contributed by atoms with Gasteiger partial charge in [-0.2, -0.15) is 0 Å². The number of Topliss-reactive ketones (excluding diaryl/α,β-unsaturated/α-hetero) is 1. The van der Waals surface area contributed by atoms with Gasteiger partial charge in [0.1, 0.15) is 5.82 Å². The van der Waals surface area contributed by atoms with Gasteiger partial charge >= 0.3 is 0 Å². The van der Waals surface area contributed by atoms with Gasteiger partial charge in [-0.1, -0.05) is 18.2 Å². The van der Waals surface area contributed by atoms with Crippen molar-refractivity contribution in [2.24, 2.45) is 0 Å². The summed E-state index contributed by atoms with van der Waals surface area (Å²) in [5.74, 6) is -0.392. The molecule has 0 aliphatic heterocycles. The first kappa shape index (κ1) is 12.3. The summed E-state index contributed by atoms with van der Waals surface area (Å²) in [4.78, 5) is 11.9. The van der Waals surface area contributed by atoms with Gasteiger partial charge in [0.25, 0.3) is 0 Å². The zero-order valence-corrected chi connectivity index (χ0v) is 10.1. The molecule has 3 heteroatoms. The van der Waals surface area contributed by atoms with Crippen LogP contribution in [0.3, 0.4) is 0 Å². The van der Waals surface area contributed by atoms with Crippen molar-refractivity contribution >= 4 is 11.5 Å².